The van der Waals surface area contributed by atoms with Crippen LogP contribution in [-0.4, -0.2) is 38.6 Å². The van der Waals surface area contributed by atoms with E-state index in [1.54, 1.807) is 36.4 Å². The van der Waals surface area contributed by atoms with Crippen molar-refractivity contribution >= 4 is 29.1 Å². The van der Waals surface area contributed by atoms with Crippen LogP contribution in [0.4, 0.5) is 5.69 Å². The van der Waals surface area contributed by atoms with Gasteiger partial charge in [0.2, 0.25) is 5.91 Å². The van der Waals surface area contributed by atoms with Gasteiger partial charge in [-0.1, -0.05) is 30.3 Å². The first kappa shape index (κ1) is 17.8. The van der Waals surface area contributed by atoms with Crippen LogP contribution in [-0.2, 0) is 4.79 Å². The maximum atomic E-state index is 12.4. The van der Waals surface area contributed by atoms with Crippen LogP contribution in [0.2, 0.25) is 0 Å². The molecule has 1 aliphatic heterocycles. The number of imidazole rings is 1. The number of amides is 3. The van der Waals surface area contributed by atoms with E-state index in [0.29, 0.717) is 16.8 Å². The van der Waals surface area contributed by atoms with Gasteiger partial charge < -0.3 is 9.72 Å². The van der Waals surface area contributed by atoms with Crippen LogP contribution in [0.1, 0.15) is 20.7 Å². The summed E-state index contributed by atoms with van der Waals surface area (Å²) in [5, 5.41) is 2.73. The highest BCUT2D eigenvalue weighted by Crippen LogP contribution is 2.23. The number of nitrogens with one attached hydrogen (secondary N) is 1. The van der Waals surface area contributed by atoms with Crippen LogP contribution >= 0.6 is 0 Å². The normalized spacial score (nSPS) is 13.0. The number of carbonyl (C=O) groups excluding carboxylic acids is 3. The average molecular weight is 396 g/mol. The molecule has 0 radical (unpaired) electrons. The first-order valence-corrected chi connectivity index (χ1v) is 9.39. The molecule has 0 unspecified atom stereocenters. The molecule has 3 amide bonds. The Bertz CT molecular complexity index is 1240. The Labute approximate surface area is 171 Å². The molecule has 146 valence electrons. The Morgan fingerprint density at radius 2 is 1.53 bits per heavy atom. The second-order valence-corrected chi connectivity index (χ2v) is 6.96. The van der Waals surface area contributed by atoms with Gasteiger partial charge in [0.15, 0.2) is 0 Å². The second kappa shape index (κ2) is 6.97. The number of pyridine rings is 1. The van der Waals surface area contributed by atoms with Gasteiger partial charge in [-0.15, -0.1) is 0 Å². The van der Waals surface area contributed by atoms with E-state index in [2.05, 4.69) is 10.3 Å². The zero-order valence-corrected chi connectivity index (χ0v) is 15.8. The van der Waals surface area contributed by atoms with E-state index >= 15 is 0 Å². The van der Waals surface area contributed by atoms with Crippen molar-refractivity contribution < 1.29 is 14.4 Å². The Balaban J connectivity index is 1.28. The van der Waals surface area contributed by atoms with Crippen LogP contribution in [0.3, 0.4) is 0 Å². The molecule has 7 nitrogen and oxygen atoms in total. The SMILES string of the molecule is O=C(CN1C(=O)c2ccccc2C1=O)Nc1ccc(-c2cn3ccccc3n2)cc1. The molecule has 0 bridgehead atoms. The molecule has 1 aliphatic rings. The van der Waals surface area contributed by atoms with Crippen molar-refractivity contribution in [1.82, 2.24) is 14.3 Å². The zero-order valence-electron chi connectivity index (χ0n) is 15.8. The maximum absolute atomic E-state index is 12.4. The molecular formula is C23H16N4O3. The molecule has 3 heterocycles. The first-order chi connectivity index (χ1) is 14.6. The molecule has 0 aliphatic carbocycles. The number of rotatable bonds is 4. The maximum Gasteiger partial charge on any atom is 0.262 e. The number of imide groups is 1. The van der Waals surface area contributed by atoms with Crippen LogP contribution in [0, 0.1) is 0 Å². The van der Waals surface area contributed by atoms with Gasteiger partial charge in [-0.2, -0.15) is 0 Å². The minimum Gasteiger partial charge on any atom is -0.325 e. The lowest BCUT2D eigenvalue weighted by atomic mass is 10.1. The van der Waals surface area contributed by atoms with E-state index < -0.39 is 17.7 Å². The van der Waals surface area contributed by atoms with Crippen molar-refractivity contribution in [3.8, 4) is 11.3 Å². The largest absolute Gasteiger partial charge is 0.325 e. The molecule has 0 atom stereocenters. The second-order valence-electron chi connectivity index (χ2n) is 6.96. The topological polar surface area (TPSA) is 83.8 Å². The summed E-state index contributed by atoms with van der Waals surface area (Å²) in [7, 11) is 0. The van der Waals surface area contributed by atoms with Gasteiger partial charge in [-0.05, 0) is 36.4 Å². The summed E-state index contributed by atoms with van der Waals surface area (Å²) in [6, 6.07) is 19.6. The standard InChI is InChI=1S/C23H16N4O3/c28-21(14-27-22(29)17-5-1-2-6-18(17)23(27)30)24-16-10-8-15(9-11-16)19-13-26-12-4-3-7-20(26)25-19/h1-13H,14H2,(H,24,28). The first-order valence-electron chi connectivity index (χ1n) is 9.39. The van der Waals surface area contributed by atoms with Gasteiger partial charge in [0, 0.05) is 23.6 Å². The number of hydrogen-bond acceptors (Lipinski definition) is 4. The Morgan fingerprint density at radius 3 is 2.20 bits per heavy atom. The predicted molar refractivity (Wildman–Crippen MR) is 111 cm³/mol. The molecule has 0 spiro atoms. The minimum atomic E-state index is -0.451. The van der Waals surface area contributed by atoms with Crippen molar-refractivity contribution in [3.63, 3.8) is 0 Å². The number of carbonyl (C=O) groups is 3. The van der Waals surface area contributed by atoms with Gasteiger partial charge in [-0.25, -0.2) is 4.98 Å². The number of aromatic nitrogens is 2. The Morgan fingerprint density at radius 1 is 0.867 bits per heavy atom. The molecule has 7 heteroatoms. The lowest BCUT2D eigenvalue weighted by Crippen LogP contribution is -2.37. The van der Waals surface area contributed by atoms with Gasteiger partial charge in [0.25, 0.3) is 11.8 Å². The molecule has 0 saturated heterocycles. The van der Waals surface area contributed by atoms with Gasteiger partial charge in [0.05, 0.1) is 16.8 Å². The monoisotopic (exact) mass is 396 g/mol. The van der Waals surface area contributed by atoms with Crippen LogP contribution in [0.25, 0.3) is 16.9 Å². The fourth-order valence-electron chi connectivity index (χ4n) is 3.52. The molecule has 30 heavy (non-hydrogen) atoms. The number of nitrogens with zero attached hydrogens (tertiary/aromatic N) is 3. The van der Waals surface area contributed by atoms with Crippen LogP contribution in [0.5, 0.6) is 0 Å². The Kier molecular flexibility index (Phi) is 4.14. The van der Waals surface area contributed by atoms with Crippen molar-refractivity contribution in [2.45, 2.75) is 0 Å². The third kappa shape index (κ3) is 3.02. The summed E-state index contributed by atoms with van der Waals surface area (Å²) >= 11 is 0. The van der Waals surface area contributed by atoms with Crippen molar-refractivity contribution in [2.75, 3.05) is 11.9 Å². The molecule has 2 aromatic carbocycles. The minimum absolute atomic E-state index is 0.326. The van der Waals surface area contributed by atoms with Crippen molar-refractivity contribution in [3.05, 3.63) is 90.3 Å². The summed E-state index contributed by atoms with van der Waals surface area (Å²) in [5.74, 6) is -1.34. The van der Waals surface area contributed by atoms with Crippen molar-refractivity contribution in [1.29, 1.82) is 0 Å². The van der Waals surface area contributed by atoms with Gasteiger partial charge >= 0.3 is 0 Å². The number of hydrogen-bond donors (Lipinski definition) is 1. The lowest BCUT2D eigenvalue weighted by Gasteiger charge is -2.13. The van der Waals surface area contributed by atoms with Crippen LogP contribution in [0.15, 0.2) is 79.1 Å². The fraction of sp³-hybridized carbons (Fsp3) is 0.0435. The molecule has 5 rings (SSSR count). The highest BCUT2D eigenvalue weighted by Gasteiger charge is 2.36. The van der Waals surface area contributed by atoms with E-state index in [1.807, 2.05) is 47.1 Å². The third-order valence-electron chi connectivity index (χ3n) is 5.01. The van der Waals surface area contributed by atoms with E-state index in [0.717, 1.165) is 21.8 Å². The van der Waals surface area contributed by atoms with E-state index in [1.165, 1.54) is 0 Å². The molecule has 0 saturated carbocycles. The van der Waals surface area contributed by atoms with Crippen LogP contribution < -0.4 is 5.32 Å². The molecule has 1 N–H and O–H groups in total. The molecular weight excluding hydrogens is 380 g/mol. The highest BCUT2D eigenvalue weighted by atomic mass is 16.2. The predicted octanol–water partition coefficient (Wildman–Crippen LogP) is 3.24. The molecule has 4 aromatic rings. The van der Waals surface area contributed by atoms with Crippen molar-refractivity contribution in [2.24, 2.45) is 0 Å². The summed E-state index contributed by atoms with van der Waals surface area (Å²) in [6.45, 7) is -0.333. The average Bonchev–Trinajstić information content (AvgIpc) is 3.30. The summed E-state index contributed by atoms with van der Waals surface area (Å²) in [4.78, 5) is 42.7. The van der Waals surface area contributed by atoms with E-state index in [4.69, 9.17) is 0 Å². The summed E-state index contributed by atoms with van der Waals surface area (Å²) in [5.41, 5.74) is 3.82. The zero-order chi connectivity index (χ0) is 20.7. The van der Waals surface area contributed by atoms with E-state index in [-0.39, 0.29) is 6.54 Å². The highest BCUT2D eigenvalue weighted by molar-refractivity contribution is 6.22. The van der Waals surface area contributed by atoms with Gasteiger partial charge in [0.1, 0.15) is 12.2 Å². The summed E-state index contributed by atoms with van der Waals surface area (Å²) < 4.78 is 1.94. The quantitative estimate of drug-likeness (QED) is 0.537. The van der Waals surface area contributed by atoms with Gasteiger partial charge in [-0.3, -0.25) is 19.3 Å². The van der Waals surface area contributed by atoms with E-state index in [9.17, 15) is 14.4 Å². The summed E-state index contributed by atoms with van der Waals surface area (Å²) in [6.07, 6.45) is 3.87. The third-order valence-corrected chi connectivity index (χ3v) is 5.01. The molecule has 2 aromatic heterocycles. The smallest absolute Gasteiger partial charge is 0.262 e. The lowest BCUT2D eigenvalue weighted by molar-refractivity contribution is -0.116. The number of anilines is 1. The Hall–Kier alpha value is -4.26. The number of benzene rings is 2. The molecule has 0 fully saturated rings. The fourth-order valence-corrected chi connectivity index (χ4v) is 3.52. The number of fused-ring (bicyclic) bond motifs is 2.